The first kappa shape index (κ1) is 13.8. The lowest BCUT2D eigenvalue weighted by Gasteiger charge is -2.08. The van der Waals surface area contributed by atoms with Gasteiger partial charge in [0.05, 0.1) is 0 Å². The number of carboxylic acid groups (broad SMARTS) is 1. The zero-order valence-electron chi connectivity index (χ0n) is 11.1. The van der Waals surface area contributed by atoms with Gasteiger partial charge >= 0.3 is 6.09 Å². The van der Waals surface area contributed by atoms with E-state index in [1.165, 1.54) is 0 Å². The molecule has 0 unspecified atom stereocenters. The van der Waals surface area contributed by atoms with Crippen molar-refractivity contribution in [1.82, 2.24) is 0 Å². The number of hydrogen-bond donors (Lipinski definition) is 2. The molecule has 4 nitrogen and oxygen atoms in total. The average molecular weight is 269 g/mol. The van der Waals surface area contributed by atoms with Crippen molar-refractivity contribution in [2.75, 3.05) is 5.32 Å². The lowest BCUT2D eigenvalue weighted by Crippen LogP contribution is -2.08. The van der Waals surface area contributed by atoms with Crippen LogP contribution in [0.5, 0.6) is 0 Å². The first-order valence-corrected chi connectivity index (χ1v) is 6.24. The highest BCUT2D eigenvalue weighted by atomic mass is 16.4. The highest BCUT2D eigenvalue weighted by Crippen LogP contribution is 2.17. The van der Waals surface area contributed by atoms with Crippen LogP contribution in [-0.4, -0.2) is 17.0 Å². The maximum atomic E-state index is 12.1. The molecule has 2 aromatic carbocycles. The molecule has 0 spiro atoms. The molecule has 0 bridgehead atoms. The Balaban J connectivity index is 2.14. The summed E-state index contributed by atoms with van der Waals surface area (Å²) in [5, 5.41) is 10.9. The van der Waals surface area contributed by atoms with Crippen LogP contribution in [0.2, 0.25) is 0 Å². The molecule has 102 valence electrons. The summed E-state index contributed by atoms with van der Waals surface area (Å²) in [6.45, 7) is 1.86. The molecule has 0 heterocycles. The summed E-state index contributed by atoms with van der Waals surface area (Å²) in [5.41, 5.74) is 2.97. The van der Waals surface area contributed by atoms with Crippen LogP contribution >= 0.6 is 0 Å². The Morgan fingerprint density at radius 1 is 1.10 bits per heavy atom. The van der Waals surface area contributed by atoms with E-state index in [1.807, 2.05) is 25.1 Å². The average Bonchev–Trinajstić information content (AvgIpc) is 2.42. The molecule has 0 saturated heterocycles. The predicted molar refractivity (Wildman–Crippen MR) is 77.3 cm³/mol. The Morgan fingerprint density at radius 3 is 2.40 bits per heavy atom. The highest BCUT2D eigenvalue weighted by Gasteiger charge is 2.09. The smallest absolute Gasteiger partial charge is 0.409 e. The monoisotopic (exact) mass is 269 g/mol. The standard InChI is InChI=1S/C16H15NO3/c1-11-9-14(17-16(19)20)8-7-13(11)10-15(18)12-5-3-2-4-6-12/h2-9,17H,10H2,1H3,(H,19,20). The van der Waals surface area contributed by atoms with Crippen LogP contribution in [0.1, 0.15) is 21.5 Å². The second-order valence-corrected chi connectivity index (χ2v) is 4.54. The third-order valence-corrected chi connectivity index (χ3v) is 3.04. The minimum Gasteiger partial charge on any atom is -0.465 e. The van der Waals surface area contributed by atoms with Crippen molar-refractivity contribution in [1.29, 1.82) is 0 Å². The number of Topliss-reactive ketones (excluding diaryl/α,β-unsaturated/α-hetero) is 1. The Morgan fingerprint density at radius 2 is 1.80 bits per heavy atom. The number of rotatable bonds is 4. The summed E-state index contributed by atoms with van der Waals surface area (Å²) in [6, 6.07) is 14.3. The van der Waals surface area contributed by atoms with Crippen LogP contribution in [0.3, 0.4) is 0 Å². The second-order valence-electron chi connectivity index (χ2n) is 4.54. The zero-order chi connectivity index (χ0) is 14.5. The summed E-state index contributed by atoms with van der Waals surface area (Å²) >= 11 is 0. The summed E-state index contributed by atoms with van der Waals surface area (Å²) in [7, 11) is 0. The molecule has 2 rings (SSSR count). The molecule has 0 aromatic heterocycles. The molecule has 1 amide bonds. The number of nitrogens with one attached hydrogen (secondary N) is 1. The van der Waals surface area contributed by atoms with Gasteiger partial charge in [-0.05, 0) is 30.2 Å². The molecule has 20 heavy (non-hydrogen) atoms. The van der Waals surface area contributed by atoms with E-state index >= 15 is 0 Å². The van der Waals surface area contributed by atoms with Gasteiger partial charge in [-0.25, -0.2) is 4.79 Å². The minimum atomic E-state index is -1.10. The Hall–Kier alpha value is -2.62. The molecule has 0 aliphatic heterocycles. The minimum absolute atomic E-state index is 0.0487. The first-order valence-electron chi connectivity index (χ1n) is 6.24. The van der Waals surface area contributed by atoms with Crippen LogP contribution in [0.15, 0.2) is 48.5 Å². The summed E-state index contributed by atoms with van der Waals surface area (Å²) < 4.78 is 0. The zero-order valence-corrected chi connectivity index (χ0v) is 11.1. The number of aryl methyl sites for hydroxylation is 1. The van der Waals surface area contributed by atoms with Crippen molar-refractivity contribution in [3.63, 3.8) is 0 Å². The van der Waals surface area contributed by atoms with Gasteiger partial charge in [-0.1, -0.05) is 36.4 Å². The van der Waals surface area contributed by atoms with Gasteiger partial charge in [0.25, 0.3) is 0 Å². The quantitative estimate of drug-likeness (QED) is 0.835. The Labute approximate surface area is 117 Å². The van der Waals surface area contributed by atoms with Crippen LogP contribution in [0, 0.1) is 6.92 Å². The topological polar surface area (TPSA) is 66.4 Å². The van der Waals surface area contributed by atoms with E-state index in [1.54, 1.807) is 30.3 Å². The molecule has 0 aliphatic rings. The van der Waals surface area contributed by atoms with Gasteiger partial charge < -0.3 is 5.11 Å². The first-order chi connectivity index (χ1) is 9.56. The number of anilines is 1. The molecule has 0 atom stereocenters. The van der Waals surface area contributed by atoms with Crippen molar-refractivity contribution in [3.8, 4) is 0 Å². The third kappa shape index (κ3) is 3.45. The number of amides is 1. The molecule has 0 radical (unpaired) electrons. The number of carbonyl (C=O) groups excluding carboxylic acids is 1. The number of benzene rings is 2. The number of hydrogen-bond acceptors (Lipinski definition) is 2. The van der Waals surface area contributed by atoms with Crippen LogP contribution in [0.4, 0.5) is 10.5 Å². The van der Waals surface area contributed by atoms with E-state index in [0.717, 1.165) is 11.1 Å². The number of carbonyl (C=O) groups is 2. The lowest BCUT2D eigenvalue weighted by atomic mass is 9.99. The van der Waals surface area contributed by atoms with Crippen molar-refractivity contribution < 1.29 is 14.7 Å². The molecular formula is C16H15NO3. The maximum Gasteiger partial charge on any atom is 0.409 e. The van der Waals surface area contributed by atoms with Gasteiger partial charge in [-0.2, -0.15) is 0 Å². The Kier molecular flexibility index (Phi) is 4.15. The highest BCUT2D eigenvalue weighted by molar-refractivity contribution is 5.97. The Bertz CT molecular complexity index is 635. The van der Waals surface area contributed by atoms with Crippen molar-refractivity contribution in [3.05, 3.63) is 65.2 Å². The van der Waals surface area contributed by atoms with Gasteiger partial charge in [0, 0.05) is 17.7 Å². The van der Waals surface area contributed by atoms with Crippen molar-refractivity contribution >= 4 is 17.6 Å². The van der Waals surface area contributed by atoms with E-state index in [2.05, 4.69) is 5.32 Å². The van der Waals surface area contributed by atoms with E-state index in [9.17, 15) is 9.59 Å². The van der Waals surface area contributed by atoms with Crippen LogP contribution < -0.4 is 5.32 Å². The second kappa shape index (κ2) is 6.02. The van der Waals surface area contributed by atoms with Crippen molar-refractivity contribution in [2.45, 2.75) is 13.3 Å². The van der Waals surface area contributed by atoms with Crippen molar-refractivity contribution in [2.24, 2.45) is 0 Å². The molecule has 0 fully saturated rings. The fourth-order valence-electron chi connectivity index (χ4n) is 1.99. The largest absolute Gasteiger partial charge is 0.465 e. The maximum absolute atomic E-state index is 12.1. The van der Waals surface area contributed by atoms with Crippen LogP contribution in [-0.2, 0) is 6.42 Å². The lowest BCUT2D eigenvalue weighted by molar-refractivity contribution is 0.0992. The molecule has 2 N–H and O–H groups in total. The fraction of sp³-hybridized carbons (Fsp3) is 0.125. The van der Waals surface area contributed by atoms with E-state index < -0.39 is 6.09 Å². The summed E-state index contributed by atoms with van der Waals surface area (Å²) in [4.78, 5) is 22.7. The normalized spacial score (nSPS) is 10.1. The van der Waals surface area contributed by atoms with E-state index in [4.69, 9.17) is 5.11 Å². The van der Waals surface area contributed by atoms with Crippen LogP contribution in [0.25, 0.3) is 0 Å². The third-order valence-electron chi connectivity index (χ3n) is 3.04. The molecular weight excluding hydrogens is 254 g/mol. The molecule has 0 saturated carbocycles. The van der Waals surface area contributed by atoms with Gasteiger partial charge in [0.2, 0.25) is 0 Å². The molecule has 0 aliphatic carbocycles. The molecule has 2 aromatic rings. The summed E-state index contributed by atoms with van der Waals surface area (Å²) in [5.74, 6) is 0.0487. The van der Waals surface area contributed by atoms with E-state index in [-0.39, 0.29) is 5.78 Å². The van der Waals surface area contributed by atoms with E-state index in [0.29, 0.717) is 17.7 Å². The van der Waals surface area contributed by atoms with Gasteiger partial charge in [0.1, 0.15) is 0 Å². The van der Waals surface area contributed by atoms with Gasteiger partial charge in [-0.3, -0.25) is 10.1 Å². The predicted octanol–water partition coefficient (Wildman–Crippen LogP) is 3.51. The SMILES string of the molecule is Cc1cc(NC(=O)O)ccc1CC(=O)c1ccccc1. The fourth-order valence-corrected chi connectivity index (χ4v) is 1.99. The number of ketones is 1. The molecule has 4 heteroatoms. The van der Waals surface area contributed by atoms with Gasteiger partial charge in [-0.15, -0.1) is 0 Å². The van der Waals surface area contributed by atoms with Gasteiger partial charge in [0.15, 0.2) is 5.78 Å². The summed E-state index contributed by atoms with van der Waals surface area (Å²) in [6.07, 6.45) is -0.791.